The molecule has 4 heteroatoms. The van der Waals surface area contributed by atoms with Crippen LogP contribution in [0.15, 0.2) is 22.7 Å². The number of benzene rings is 1. The van der Waals surface area contributed by atoms with Crippen LogP contribution < -0.4 is 10.5 Å². The van der Waals surface area contributed by atoms with Gasteiger partial charge in [-0.3, -0.25) is 4.90 Å². The Hall–Kier alpha value is -0.580. The first kappa shape index (κ1) is 14.5. The van der Waals surface area contributed by atoms with Crippen LogP contribution in [0.25, 0.3) is 0 Å². The molecule has 1 aromatic rings. The van der Waals surface area contributed by atoms with Crippen LogP contribution in [-0.2, 0) is 6.54 Å². The molecule has 0 aliphatic rings. The Morgan fingerprint density at radius 2 is 2.18 bits per heavy atom. The lowest BCUT2D eigenvalue weighted by molar-refractivity contribution is 0.240. The fourth-order valence-corrected chi connectivity index (χ4v) is 2.30. The van der Waals surface area contributed by atoms with E-state index < -0.39 is 0 Å². The van der Waals surface area contributed by atoms with Gasteiger partial charge in [-0.15, -0.1) is 0 Å². The van der Waals surface area contributed by atoms with Gasteiger partial charge in [0.15, 0.2) is 0 Å². The lowest BCUT2D eigenvalue weighted by atomic mass is 10.1. The third-order valence-electron chi connectivity index (χ3n) is 2.99. The molecule has 2 N–H and O–H groups in total. The third-order valence-corrected chi connectivity index (χ3v) is 3.60. The van der Waals surface area contributed by atoms with Gasteiger partial charge in [0.1, 0.15) is 5.75 Å². The highest BCUT2D eigenvalue weighted by molar-refractivity contribution is 9.10. The van der Waals surface area contributed by atoms with Crippen molar-refractivity contribution < 1.29 is 4.74 Å². The summed E-state index contributed by atoms with van der Waals surface area (Å²) in [5, 5.41) is 0. The predicted molar refractivity (Wildman–Crippen MR) is 75.3 cm³/mol. The van der Waals surface area contributed by atoms with E-state index in [9.17, 15) is 0 Å². The molecule has 0 fully saturated rings. The molecule has 0 spiro atoms. The normalized spacial score (nSPS) is 12.8. The van der Waals surface area contributed by atoms with Gasteiger partial charge in [0, 0.05) is 12.6 Å². The molecule has 0 saturated carbocycles. The Bertz CT molecular complexity index is 357. The maximum atomic E-state index is 5.57. The zero-order chi connectivity index (χ0) is 12.8. The van der Waals surface area contributed by atoms with Crippen molar-refractivity contribution in [2.75, 3.05) is 20.7 Å². The van der Waals surface area contributed by atoms with Crippen molar-refractivity contribution in [2.24, 2.45) is 5.73 Å². The second kappa shape index (κ2) is 6.99. The summed E-state index contributed by atoms with van der Waals surface area (Å²) in [6.45, 7) is 3.85. The molecular formula is C13H21BrN2O. The number of nitrogens with zero attached hydrogens (tertiary/aromatic N) is 1. The van der Waals surface area contributed by atoms with E-state index in [2.05, 4.69) is 46.9 Å². The molecule has 1 unspecified atom stereocenters. The van der Waals surface area contributed by atoms with Crippen LogP contribution >= 0.6 is 15.9 Å². The highest BCUT2D eigenvalue weighted by Gasteiger charge is 2.09. The Labute approximate surface area is 112 Å². The number of nitrogens with two attached hydrogens (primary N) is 1. The molecule has 1 atom stereocenters. The quantitative estimate of drug-likeness (QED) is 0.878. The zero-order valence-electron chi connectivity index (χ0n) is 10.7. The Morgan fingerprint density at radius 1 is 1.47 bits per heavy atom. The summed E-state index contributed by atoms with van der Waals surface area (Å²) < 4.78 is 6.21. The number of hydrogen-bond donors (Lipinski definition) is 1. The largest absolute Gasteiger partial charge is 0.496 e. The molecule has 0 bridgehead atoms. The van der Waals surface area contributed by atoms with E-state index in [4.69, 9.17) is 10.5 Å². The van der Waals surface area contributed by atoms with E-state index in [-0.39, 0.29) is 0 Å². The van der Waals surface area contributed by atoms with E-state index >= 15 is 0 Å². The van der Waals surface area contributed by atoms with Gasteiger partial charge in [0.25, 0.3) is 0 Å². The molecule has 0 saturated heterocycles. The minimum absolute atomic E-state index is 0.501. The van der Waals surface area contributed by atoms with Crippen molar-refractivity contribution in [3.8, 4) is 5.75 Å². The summed E-state index contributed by atoms with van der Waals surface area (Å²) in [6.07, 6.45) is 1.02. The molecule has 1 aromatic carbocycles. The minimum Gasteiger partial charge on any atom is -0.496 e. The van der Waals surface area contributed by atoms with E-state index in [1.165, 1.54) is 5.56 Å². The molecule has 0 aliphatic heterocycles. The average Bonchev–Trinajstić information content (AvgIpc) is 2.29. The highest BCUT2D eigenvalue weighted by atomic mass is 79.9. The zero-order valence-corrected chi connectivity index (χ0v) is 12.3. The van der Waals surface area contributed by atoms with E-state index in [0.717, 1.165) is 29.7 Å². The molecule has 0 amide bonds. The number of methoxy groups -OCH3 is 1. The molecule has 3 nitrogen and oxygen atoms in total. The lowest BCUT2D eigenvalue weighted by Gasteiger charge is -2.24. The van der Waals surface area contributed by atoms with Gasteiger partial charge in [0.2, 0.25) is 0 Å². The van der Waals surface area contributed by atoms with Gasteiger partial charge in [-0.1, -0.05) is 6.07 Å². The van der Waals surface area contributed by atoms with Crippen molar-refractivity contribution in [1.29, 1.82) is 0 Å². The van der Waals surface area contributed by atoms with Crippen molar-refractivity contribution in [3.05, 3.63) is 28.2 Å². The maximum Gasteiger partial charge on any atom is 0.133 e. The van der Waals surface area contributed by atoms with E-state index in [1.807, 2.05) is 6.07 Å². The first-order valence-electron chi connectivity index (χ1n) is 5.81. The minimum atomic E-state index is 0.501. The molecular weight excluding hydrogens is 280 g/mol. The molecule has 0 heterocycles. The van der Waals surface area contributed by atoms with Crippen LogP contribution in [0.3, 0.4) is 0 Å². The number of ether oxygens (including phenoxy) is 1. The number of hydrogen-bond acceptors (Lipinski definition) is 3. The van der Waals surface area contributed by atoms with Crippen molar-refractivity contribution in [1.82, 2.24) is 4.90 Å². The fourth-order valence-electron chi connectivity index (χ4n) is 1.71. The maximum absolute atomic E-state index is 5.57. The molecule has 1 rings (SSSR count). The molecule has 0 aliphatic carbocycles. The summed E-state index contributed by atoms with van der Waals surface area (Å²) in [5.74, 6) is 0.867. The molecule has 96 valence electrons. The summed E-state index contributed by atoms with van der Waals surface area (Å²) in [6, 6.07) is 6.68. The standard InChI is InChI=1S/C13H21BrN2O/c1-10(6-7-15)16(2)9-11-4-5-13(17-3)12(14)8-11/h4-5,8,10H,6-7,9,15H2,1-3H3. The second-order valence-electron chi connectivity index (χ2n) is 4.31. The van der Waals surface area contributed by atoms with Crippen LogP contribution in [0, 0.1) is 0 Å². The number of rotatable bonds is 6. The Balaban J connectivity index is 2.65. The first-order valence-corrected chi connectivity index (χ1v) is 6.60. The second-order valence-corrected chi connectivity index (χ2v) is 5.16. The van der Waals surface area contributed by atoms with Crippen LogP contribution in [0.4, 0.5) is 0 Å². The van der Waals surface area contributed by atoms with E-state index in [0.29, 0.717) is 6.04 Å². The van der Waals surface area contributed by atoms with Gasteiger partial charge in [-0.2, -0.15) is 0 Å². The monoisotopic (exact) mass is 300 g/mol. The SMILES string of the molecule is COc1ccc(CN(C)C(C)CCN)cc1Br. The van der Waals surface area contributed by atoms with E-state index in [1.54, 1.807) is 7.11 Å². The van der Waals surface area contributed by atoms with Gasteiger partial charge in [-0.25, -0.2) is 0 Å². The summed E-state index contributed by atoms with van der Waals surface area (Å²) in [7, 11) is 3.80. The predicted octanol–water partition coefficient (Wildman–Crippen LogP) is 2.63. The van der Waals surface area contributed by atoms with Gasteiger partial charge < -0.3 is 10.5 Å². The molecule has 17 heavy (non-hydrogen) atoms. The fraction of sp³-hybridized carbons (Fsp3) is 0.538. The summed E-state index contributed by atoms with van der Waals surface area (Å²) >= 11 is 3.50. The lowest BCUT2D eigenvalue weighted by Crippen LogP contribution is -2.30. The van der Waals surface area contributed by atoms with Crippen molar-refractivity contribution in [2.45, 2.75) is 25.9 Å². The van der Waals surface area contributed by atoms with Crippen LogP contribution in [-0.4, -0.2) is 31.6 Å². The third kappa shape index (κ3) is 4.30. The van der Waals surface area contributed by atoms with Crippen molar-refractivity contribution >= 4 is 15.9 Å². The smallest absolute Gasteiger partial charge is 0.133 e. The first-order chi connectivity index (χ1) is 8.08. The Morgan fingerprint density at radius 3 is 2.71 bits per heavy atom. The molecule has 0 radical (unpaired) electrons. The summed E-state index contributed by atoms with van der Waals surface area (Å²) in [4.78, 5) is 2.31. The van der Waals surface area contributed by atoms with Crippen molar-refractivity contribution in [3.63, 3.8) is 0 Å². The average molecular weight is 301 g/mol. The number of halogens is 1. The highest BCUT2D eigenvalue weighted by Crippen LogP contribution is 2.26. The Kier molecular flexibility index (Phi) is 5.95. The van der Waals surface area contributed by atoms with Crippen LogP contribution in [0.2, 0.25) is 0 Å². The topological polar surface area (TPSA) is 38.5 Å². The molecule has 0 aromatic heterocycles. The summed E-state index contributed by atoms with van der Waals surface area (Å²) in [5.41, 5.74) is 6.84. The van der Waals surface area contributed by atoms with Gasteiger partial charge in [0.05, 0.1) is 11.6 Å². The van der Waals surface area contributed by atoms with Gasteiger partial charge >= 0.3 is 0 Å². The van der Waals surface area contributed by atoms with Gasteiger partial charge in [-0.05, 0) is 60.6 Å². The van der Waals surface area contributed by atoms with Crippen LogP contribution in [0.5, 0.6) is 5.75 Å². The van der Waals surface area contributed by atoms with Crippen LogP contribution in [0.1, 0.15) is 18.9 Å².